The molecule has 0 aliphatic carbocycles. The lowest BCUT2D eigenvalue weighted by atomic mass is 10.1. The first-order valence-electron chi connectivity index (χ1n) is 9.55. The minimum Gasteiger partial charge on any atom is -0.378 e. The first-order chi connectivity index (χ1) is 14.3. The molecule has 4 aromatic rings. The molecule has 7 heteroatoms. The number of anilines is 3. The predicted octanol–water partition coefficient (Wildman–Crippen LogP) is 4.12. The number of aromatic nitrogens is 3. The summed E-state index contributed by atoms with van der Waals surface area (Å²) in [5, 5.41) is 3.44. The van der Waals surface area contributed by atoms with E-state index < -0.39 is 0 Å². The molecule has 0 bridgehead atoms. The first-order valence-corrected chi connectivity index (χ1v) is 9.55. The maximum atomic E-state index is 13.6. The SMILES string of the molecule is Fc1cncc(-c2ccc(Nc3ccc(N4CCOCC4)cc3)c3nccn23)c1. The van der Waals surface area contributed by atoms with Gasteiger partial charge in [0, 0.05) is 48.6 Å². The topological polar surface area (TPSA) is 54.7 Å². The maximum Gasteiger partial charge on any atom is 0.161 e. The summed E-state index contributed by atoms with van der Waals surface area (Å²) < 4.78 is 21.0. The van der Waals surface area contributed by atoms with E-state index in [4.69, 9.17) is 4.74 Å². The third-order valence-corrected chi connectivity index (χ3v) is 5.07. The highest BCUT2D eigenvalue weighted by molar-refractivity contribution is 5.78. The van der Waals surface area contributed by atoms with E-state index in [0.717, 1.165) is 49.0 Å². The zero-order valence-corrected chi connectivity index (χ0v) is 15.8. The minimum atomic E-state index is -0.363. The van der Waals surface area contributed by atoms with Gasteiger partial charge in [0.15, 0.2) is 5.65 Å². The van der Waals surface area contributed by atoms with Crippen LogP contribution in [0, 0.1) is 5.82 Å². The molecule has 0 spiro atoms. The van der Waals surface area contributed by atoms with Crippen molar-refractivity contribution < 1.29 is 9.13 Å². The van der Waals surface area contributed by atoms with Crippen LogP contribution in [-0.4, -0.2) is 40.7 Å². The van der Waals surface area contributed by atoms with Crippen LogP contribution in [0.25, 0.3) is 16.9 Å². The van der Waals surface area contributed by atoms with Crippen LogP contribution < -0.4 is 10.2 Å². The van der Waals surface area contributed by atoms with E-state index in [-0.39, 0.29) is 5.82 Å². The van der Waals surface area contributed by atoms with Crippen LogP contribution >= 0.6 is 0 Å². The number of halogens is 1. The van der Waals surface area contributed by atoms with Crippen molar-refractivity contribution in [1.29, 1.82) is 0 Å². The fraction of sp³-hybridized carbons (Fsp3) is 0.182. The second kappa shape index (κ2) is 7.52. The number of nitrogens with zero attached hydrogens (tertiary/aromatic N) is 4. The van der Waals surface area contributed by atoms with Gasteiger partial charge in [-0.2, -0.15) is 0 Å². The smallest absolute Gasteiger partial charge is 0.161 e. The van der Waals surface area contributed by atoms with Gasteiger partial charge >= 0.3 is 0 Å². The lowest BCUT2D eigenvalue weighted by molar-refractivity contribution is 0.122. The summed E-state index contributed by atoms with van der Waals surface area (Å²) in [6.45, 7) is 3.37. The van der Waals surface area contributed by atoms with Crippen molar-refractivity contribution in [3.63, 3.8) is 0 Å². The van der Waals surface area contributed by atoms with Crippen LogP contribution in [0.5, 0.6) is 0 Å². The Kier molecular flexibility index (Phi) is 4.57. The van der Waals surface area contributed by atoms with Gasteiger partial charge in [0.2, 0.25) is 0 Å². The summed E-state index contributed by atoms with van der Waals surface area (Å²) >= 11 is 0. The van der Waals surface area contributed by atoms with Crippen molar-refractivity contribution in [2.24, 2.45) is 0 Å². The summed E-state index contributed by atoms with van der Waals surface area (Å²) in [6.07, 6.45) is 6.45. The van der Waals surface area contributed by atoms with Crippen LogP contribution in [0.1, 0.15) is 0 Å². The normalized spacial score (nSPS) is 14.3. The zero-order chi connectivity index (χ0) is 19.6. The molecule has 29 heavy (non-hydrogen) atoms. The Balaban J connectivity index is 1.43. The molecular weight excluding hydrogens is 369 g/mol. The number of nitrogens with one attached hydrogen (secondary N) is 1. The van der Waals surface area contributed by atoms with Crippen molar-refractivity contribution in [2.45, 2.75) is 0 Å². The molecule has 4 heterocycles. The number of fused-ring (bicyclic) bond motifs is 1. The number of hydrogen-bond donors (Lipinski definition) is 1. The molecule has 146 valence electrons. The monoisotopic (exact) mass is 389 g/mol. The van der Waals surface area contributed by atoms with Crippen LogP contribution in [-0.2, 0) is 4.74 Å². The summed E-state index contributed by atoms with van der Waals surface area (Å²) in [4.78, 5) is 10.8. The van der Waals surface area contributed by atoms with Gasteiger partial charge in [-0.05, 0) is 42.5 Å². The predicted molar refractivity (Wildman–Crippen MR) is 111 cm³/mol. The molecule has 0 radical (unpaired) electrons. The molecule has 0 atom stereocenters. The highest BCUT2D eigenvalue weighted by Gasteiger charge is 2.12. The Bertz CT molecular complexity index is 1140. The first kappa shape index (κ1) is 17.6. The van der Waals surface area contributed by atoms with Gasteiger partial charge in [-0.25, -0.2) is 9.37 Å². The standard InChI is InChI=1S/C22H20FN5O/c23-17-13-16(14-24-15-17)21-6-5-20(22-25-7-8-28(21)22)26-18-1-3-19(4-2-18)27-9-11-29-12-10-27/h1-8,13-15,26H,9-12H2. The van der Waals surface area contributed by atoms with E-state index in [9.17, 15) is 4.39 Å². The highest BCUT2D eigenvalue weighted by Crippen LogP contribution is 2.28. The van der Waals surface area contributed by atoms with Crippen molar-refractivity contribution >= 4 is 22.7 Å². The minimum absolute atomic E-state index is 0.363. The number of benzene rings is 1. The molecular formula is C22H20FN5O. The lowest BCUT2D eigenvalue weighted by Crippen LogP contribution is -2.36. The van der Waals surface area contributed by atoms with E-state index in [1.54, 1.807) is 12.4 Å². The van der Waals surface area contributed by atoms with Gasteiger partial charge in [-0.15, -0.1) is 0 Å². The van der Waals surface area contributed by atoms with Gasteiger partial charge in [0.05, 0.1) is 30.8 Å². The average Bonchev–Trinajstić information content (AvgIpc) is 3.26. The molecule has 6 nitrogen and oxygen atoms in total. The lowest BCUT2D eigenvalue weighted by Gasteiger charge is -2.29. The van der Waals surface area contributed by atoms with E-state index in [0.29, 0.717) is 5.56 Å². The van der Waals surface area contributed by atoms with Crippen LogP contribution in [0.2, 0.25) is 0 Å². The molecule has 5 rings (SSSR count). The summed E-state index contributed by atoms with van der Waals surface area (Å²) in [5.74, 6) is -0.363. The second-order valence-electron chi connectivity index (χ2n) is 6.92. The Morgan fingerprint density at radius 1 is 1.00 bits per heavy atom. The number of ether oxygens (including phenoxy) is 1. The summed E-state index contributed by atoms with van der Waals surface area (Å²) in [5.41, 5.74) is 5.35. The highest BCUT2D eigenvalue weighted by atomic mass is 19.1. The fourth-order valence-corrected chi connectivity index (χ4v) is 3.63. The molecule has 0 amide bonds. The molecule has 1 fully saturated rings. The van der Waals surface area contributed by atoms with Crippen molar-refractivity contribution in [2.75, 3.05) is 36.5 Å². The molecule has 1 aliphatic rings. The Hall–Kier alpha value is -3.45. The van der Waals surface area contributed by atoms with Crippen molar-refractivity contribution in [3.8, 4) is 11.3 Å². The average molecular weight is 389 g/mol. The zero-order valence-electron chi connectivity index (χ0n) is 15.8. The van der Waals surface area contributed by atoms with E-state index in [1.807, 2.05) is 22.7 Å². The molecule has 1 N–H and O–H groups in total. The molecule has 1 aliphatic heterocycles. The third kappa shape index (κ3) is 3.52. The van der Waals surface area contributed by atoms with E-state index in [1.165, 1.54) is 18.0 Å². The van der Waals surface area contributed by atoms with Crippen LogP contribution in [0.3, 0.4) is 0 Å². The van der Waals surface area contributed by atoms with Gasteiger partial charge in [0.1, 0.15) is 5.82 Å². The van der Waals surface area contributed by atoms with Gasteiger partial charge in [0.25, 0.3) is 0 Å². The van der Waals surface area contributed by atoms with Crippen molar-refractivity contribution in [3.05, 3.63) is 73.1 Å². The second-order valence-corrected chi connectivity index (χ2v) is 6.92. The van der Waals surface area contributed by atoms with Gasteiger partial charge in [-0.1, -0.05) is 0 Å². The van der Waals surface area contributed by atoms with Crippen LogP contribution in [0.15, 0.2) is 67.3 Å². The number of morpholine rings is 1. The Morgan fingerprint density at radius 2 is 1.83 bits per heavy atom. The number of hydrogen-bond acceptors (Lipinski definition) is 5. The largest absolute Gasteiger partial charge is 0.378 e. The van der Waals surface area contributed by atoms with E-state index in [2.05, 4.69) is 44.5 Å². The quantitative estimate of drug-likeness (QED) is 0.569. The number of imidazole rings is 1. The number of rotatable bonds is 4. The van der Waals surface area contributed by atoms with Gasteiger partial charge in [-0.3, -0.25) is 9.38 Å². The van der Waals surface area contributed by atoms with E-state index >= 15 is 0 Å². The van der Waals surface area contributed by atoms with Gasteiger partial charge < -0.3 is 15.0 Å². The Labute approximate surface area is 167 Å². The Morgan fingerprint density at radius 3 is 2.62 bits per heavy atom. The molecule has 1 saturated heterocycles. The maximum absolute atomic E-state index is 13.6. The molecule has 1 aromatic carbocycles. The summed E-state index contributed by atoms with van der Waals surface area (Å²) in [7, 11) is 0. The third-order valence-electron chi connectivity index (χ3n) is 5.07. The van der Waals surface area contributed by atoms with Crippen molar-refractivity contribution in [1.82, 2.24) is 14.4 Å². The molecule has 0 unspecified atom stereocenters. The number of pyridine rings is 2. The molecule has 0 saturated carbocycles. The molecule has 3 aromatic heterocycles. The van der Waals surface area contributed by atoms with Crippen LogP contribution in [0.4, 0.5) is 21.5 Å². The summed E-state index contributed by atoms with van der Waals surface area (Å²) in [6, 6.07) is 13.7. The fourth-order valence-electron chi connectivity index (χ4n) is 3.63.